The Bertz CT molecular complexity index is 248. The maximum atomic E-state index is 11.4. The predicted molar refractivity (Wildman–Crippen MR) is 68.9 cm³/mol. The van der Waals surface area contributed by atoms with Gasteiger partial charge in [-0.15, -0.1) is 0 Å². The largest absolute Gasteiger partial charge is 0.513 e. The Morgan fingerprint density at radius 1 is 1.24 bits per heavy atom. The second-order valence-corrected chi connectivity index (χ2v) is 4.67. The lowest BCUT2D eigenvalue weighted by Crippen LogP contribution is -2.37. The van der Waals surface area contributed by atoms with Crippen LogP contribution in [-0.2, 0) is 4.79 Å². The number of piperidine rings is 1. The van der Waals surface area contributed by atoms with E-state index < -0.39 is 0 Å². The van der Waals surface area contributed by atoms with Crippen LogP contribution in [0.1, 0.15) is 38.5 Å². The summed E-state index contributed by atoms with van der Waals surface area (Å²) in [5.74, 6) is 0.231. The van der Waals surface area contributed by atoms with Gasteiger partial charge in [-0.25, -0.2) is 0 Å². The van der Waals surface area contributed by atoms with Gasteiger partial charge in [-0.2, -0.15) is 0 Å². The van der Waals surface area contributed by atoms with Gasteiger partial charge in [-0.1, -0.05) is 13.0 Å². The topological polar surface area (TPSA) is 52.6 Å². The van der Waals surface area contributed by atoms with Crippen LogP contribution in [-0.4, -0.2) is 42.1 Å². The standard InChI is InChI=1S/C13H24N2O2/c1-12(16)6-5-7-13(17)14-8-11-15-9-3-2-4-10-15/h16H,1-11H2,(H,14,17). The Labute approximate surface area is 104 Å². The highest BCUT2D eigenvalue weighted by Crippen LogP contribution is 2.07. The van der Waals surface area contributed by atoms with Crippen molar-refractivity contribution in [2.45, 2.75) is 38.5 Å². The Morgan fingerprint density at radius 2 is 1.94 bits per heavy atom. The minimum atomic E-state index is 0.0725. The Kier molecular flexibility index (Phi) is 6.70. The van der Waals surface area contributed by atoms with Crippen molar-refractivity contribution in [3.05, 3.63) is 12.3 Å². The maximum absolute atomic E-state index is 11.4. The highest BCUT2D eigenvalue weighted by molar-refractivity contribution is 5.75. The Balaban J connectivity index is 1.97. The lowest BCUT2D eigenvalue weighted by Gasteiger charge is -2.26. The quantitative estimate of drug-likeness (QED) is 0.668. The summed E-state index contributed by atoms with van der Waals surface area (Å²) < 4.78 is 0. The van der Waals surface area contributed by atoms with Gasteiger partial charge in [0.2, 0.25) is 5.91 Å². The molecule has 0 atom stereocenters. The van der Waals surface area contributed by atoms with E-state index in [1.807, 2.05) is 0 Å². The zero-order valence-electron chi connectivity index (χ0n) is 10.6. The summed E-state index contributed by atoms with van der Waals surface area (Å²) in [5, 5.41) is 11.8. The highest BCUT2D eigenvalue weighted by Gasteiger charge is 2.09. The molecule has 1 heterocycles. The van der Waals surface area contributed by atoms with E-state index in [-0.39, 0.29) is 11.7 Å². The predicted octanol–water partition coefficient (Wildman–Crippen LogP) is 1.83. The summed E-state index contributed by atoms with van der Waals surface area (Å²) in [7, 11) is 0. The lowest BCUT2D eigenvalue weighted by molar-refractivity contribution is -0.121. The van der Waals surface area contributed by atoms with Crippen LogP contribution in [0.4, 0.5) is 0 Å². The molecule has 0 aromatic carbocycles. The van der Waals surface area contributed by atoms with Crippen molar-refractivity contribution in [2.24, 2.45) is 0 Å². The summed E-state index contributed by atoms with van der Waals surface area (Å²) in [5.41, 5.74) is 0. The van der Waals surface area contributed by atoms with Gasteiger partial charge in [0.15, 0.2) is 0 Å². The van der Waals surface area contributed by atoms with Crippen LogP contribution in [0.2, 0.25) is 0 Å². The number of carbonyl (C=O) groups is 1. The summed E-state index contributed by atoms with van der Waals surface area (Å²) in [6.07, 6.45) is 5.57. The number of amides is 1. The molecule has 0 aliphatic carbocycles. The molecule has 0 aromatic rings. The van der Waals surface area contributed by atoms with E-state index in [1.165, 1.54) is 32.4 Å². The molecule has 1 saturated heterocycles. The fourth-order valence-corrected chi connectivity index (χ4v) is 2.08. The molecule has 1 fully saturated rings. The van der Waals surface area contributed by atoms with Crippen LogP contribution < -0.4 is 5.32 Å². The second kappa shape index (κ2) is 8.12. The molecule has 0 radical (unpaired) electrons. The van der Waals surface area contributed by atoms with E-state index in [4.69, 9.17) is 5.11 Å². The molecule has 1 aliphatic heterocycles. The van der Waals surface area contributed by atoms with Crippen molar-refractivity contribution in [1.29, 1.82) is 0 Å². The number of rotatable bonds is 7. The maximum Gasteiger partial charge on any atom is 0.220 e. The van der Waals surface area contributed by atoms with E-state index in [9.17, 15) is 4.79 Å². The number of likely N-dealkylation sites (tertiary alicyclic amines) is 1. The normalized spacial score (nSPS) is 16.7. The lowest BCUT2D eigenvalue weighted by atomic mass is 10.1. The number of hydrogen-bond donors (Lipinski definition) is 2. The first-order chi connectivity index (χ1) is 8.18. The zero-order valence-corrected chi connectivity index (χ0v) is 10.6. The molecule has 0 bridgehead atoms. The van der Waals surface area contributed by atoms with Crippen LogP contribution in [0.3, 0.4) is 0 Å². The first kappa shape index (κ1) is 14.0. The molecule has 2 N–H and O–H groups in total. The van der Waals surface area contributed by atoms with Crippen molar-refractivity contribution in [1.82, 2.24) is 10.2 Å². The van der Waals surface area contributed by atoms with Gasteiger partial charge >= 0.3 is 0 Å². The first-order valence-corrected chi connectivity index (χ1v) is 6.54. The summed E-state index contributed by atoms with van der Waals surface area (Å²) in [6, 6.07) is 0. The molecule has 4 heteroatoms. The molecule has 0 saturated carbocycles. The van der Waals surface area contributed by atoms with Gasteiger partial charge in [0.25, 0.3) is 0 Å². The monoisotopic (exact) mass is 240 g/mol. The molecule has 98 valence electrons. The molecule has 1 aliphatic rings. The van der Waals surface area contributed by atoms with Gasteiger partial charge < -0.3 is 15.3 Å². The second-order valence-electron chi connectivity index (χ2n) is 4.67. The van der Waals surface area contributed by atoms with Gasteiger partial charge in [0, 0.05) is 25.9 Å². The van der Waals surface area contributed by atoms with Gasteiger partial charge in [-0.3, -0.25) is 4.79 Å². The third-order valence-corrected chi connectivity index (χ3v) is 3.07. The third-order valence-electron chi connectivity index (χ3n) is 3.07. The third kappa shape index (κ3) is 7.00. The molecule has 1 rings (SSSR count). The fraction of sp³-hybridized carbons (Fsp3) is 0.769. The average molecular weight is 240 g/mol. The molecule has 0 aromatic heterocycles. The SMILES string of the molecule is C=C(O)CCCC(=O)NCCN1CCCCC1. The van der Waals surface area contributed by atoms with E-state index >= 15 is 0 Å². The Hall–Kier alpha value is -1.03. The molecule has 0 spiro atoms. The van der Waals surface area contributed by atoms with E-state index in [0.29, 0.717) is 19.3 Å². The first-order valence-electron chi connectivity index (χ1n) is 6.54. The van der Waals surface area contributed by atoms with Crippen molar-refractivity contribution in [3.8, 4) is 0 Å². The van der Waals surface area contributed by atoms with Crippen molar-refractivity contribution >= 4 is 5.91 Å². The molecular formula is C13H24N2O2. The smallest absolute Gasteiger partial charge is 0.220 e. The van der Waals surface area contributed by atoms with Crippen molar-refractivity contribution in [2.75, 3.05) is 26.2 Å². The summed E-state index contributed by atoms with van der Waals surface area (Å²) in [4.78, 5) is 13.8. The molecule has 4 nitrogen and oxygen atoms in total. The minimum absolute atomic E-state index is 0.0725. The average Bonchev–Trinajstić information content (AvgIpc) is 2.30. The van der Waals surface area contributed by atoms with Gasteiger partial charge in [0.1, 0.15) is 0 Å². The minimum Gasteiger partial charge on any atom is -0.513 e. The molecule has 17 heavy (non-hydrogen) atoms. The number of carbonyl (C=O) groups excluding carboxylic acids is 1. The van der Waals surface area contributed by atoms with E-state index in [0.717, 1.165) is 13.1 Å². The summed E-state index contributed by atoms with van der Waals surface area (Å²) in [6.45, 7) is 7.42. The van der Waals surface area contributed by atoms with Crippen molar-refractivity contribution < 1.29 is 9.90 Å². The number of allylic oxidation sites excluding steroid dienone is 1. The van der Waals surface area contributed by atoms with Crippen LogP contribution in [0.15, 0.2) is 12.3 Å². The highest BCUT2D eigenvalue weighted by atomic mass is 16.3. The van der Waals surface area contributed by atoms with Crippen molar-refractivity contribution in [3.63, 3.8) is 0 Å². The Morgan fingerprint density at radius 3 is 2.59 bits per heavy atom. The van der Waals surface area contributed by atoms with Crippen LogP contribution in [0, 0.1) is 0 Å². The van der Waals surface area contributed by atoms with E-state index in [2.05, 4.69) is 16.8 Å². The molecule has 0 unspecified atom stereocenters. The van der Waals surface area contributed by atoms with Crippen LogP contribution in [0.25, 0.3) is 0 Å². The fourth-order valence-electron chi connectivity index (χ4n) is 2.08. The van der Waals surface area contributed by atoms with Crippen LogP contribution >= 0.6 is 0 Å². The number of nitrogens with zero attached hydrogens (tertiary/aromatic N) is 1. The summed E-state index contributed by atoms with van der Waals surface area (Å²) >= 11 is 0. The number of aliphatic hydroxyl groups excluding tert-OH is 1. The molecular weight excluding hydrogens is 216 g/mol. The van der Waals surface area contributed by atoms with Gasteiger partial charge in [-0.05, 0) is 32.4 Å². The number of nitrogens with one attached hydrogen (secondary N) is 1. The van der Waals surface area contributed by atoms with Crippen LogP contribution in [0.5, 0.6) is 0 Å². The number of aliphatic hydroxyl groups is 1. The van der Waals surface area contributed by atoms with Gasteiger partial charge in [0.05, 0.1) is 5.76 Å². The molecule has 1 amide bonds. The van der Waals surface area contributed by atoms with E-state index in [1.54, 1.807) is 0 Å². The zero-order chi connectivity index (χ0) is 12.5. The number of hydrogen-bond acceptors (Lipinski definition) is 3.